The van der Waals surface area contributed by atoms with Crippen molar-refractivity contribution in [3.05, 3.63) is 47.5 Å². The second-order valence-electron chi connectivity index (χ2n) is 4.28. The van der Waals surface area contributed by atoms with E-state index in [2.05, 4.69) is 5.73 Å². The van der Waals surface area contributed by atoms with Crippen molar-refractivity contribution in [1.29, 1.82) is 0 Å². The number of carbonyl (C=O) groups is 1. The van der Waals surface area contributed by atoms with Gasteiger partial charge in [0.25, 0.3) is 0 Å². The van der Waals surface area contributed by atoms with Gasteiger partial charge in [0, 0.05) is 18.6 Å². The smallest absolute Gasteiger partial charge is 0.174 e. The molecule has 6 heteroatoms. The number of ketones is 1. The van der Waals surface area contributed by atoms with Gasteiger partial charge in [-0.2, -0.15) is 0 Å². The van der Waals surface area contributed by atoms with Crippen molar-refractivity contribution in [3.8, 4) is 17.2 Å². The van der Waals surface area contributed by atoms with Crippen LogP contribution >= 0.6 is 0 Å². The highest BCUT2D eigenvalue weighted by molar-refractivity contribution is 6.02. The highest BCUT2D eigenvalue weighted by atomic mass is 35.5. The van der Waals surface area contributed by atoms with Gasteiger partial charge in [-0.1, -0.05) is 12.1 Å². The Morgan fingerprint density at radius 1 is 1.00 bits per heavy atom. The first-order valence-electron chi connectivity index (χ1n) is 5.66. The molecule has 20 heavy (non-hydrogen) atoms. The monoisotopic (exact) mass is 295 g/mol. The zero-order valence-corrected chi connectivity index (χ0v) is 11.3. The molecule has 0 heterocycles. The molecule has 0 spiro atoms. The zero-order chi connectivity index (χ0) is 14.0. The summed E-state index contributed by atoms with van der Waals surface area (Å²) in [5, 5.41) is 28.4. The normalized spacial score (nSPS) is 9.85. The minimum Gasteiger partial charge on any atom is -1.00 e. The molecular formula is C14H14ClNO4. The molecule has 106 valence electrons. The van der Waals surface area contributed by atoms with Crippen LogP contribution in [0.4, 0.5) is 5.69 Å². The number of aromatic hydroxyl groups is 3. The van der Waals surface area contributed by atoms with Crippen LogP contribution in [-0.2, 0) is 6.42 Å². The Kier molecular flexibility index (Phi) is 4.96. The molecule has 0 amide bonds. The average Bonchev–Trinajstić information content (AvgIpc) is 2.30. The molecule has 0 radical (unpaired) electrons. The van der Waals surface area contributed by atoms with E-state index >= 15 is 0 Å². The summed E-state index contributed by atoms with van der Waals surface area (Å²) in [5.74, 6) is -1.59. The molecule has 0 fully saturated rings. The number of carbonyl (C=O) groups excluding carboxylic acids is 1. The Morgan fingerprint density at radius 2 is 1.50 bits per heavy atom. The van der Waals surface area contributed by atoms with Crippen LogP contribution in [0.15, 0.2) is 36.4 Å². The van der Waals surface area contributed by atoms with Crippen molar-refractivity contribution in [2.45, 2.75) is 6.42 Å². The van der Waals surface area contributed by atoms with E-state index in [1.165, 1.54) is 0 Å². The number of halogens is 1. The molecule has 0 saturated carbocycles. The zero-order valence-electron chi connectivity index (χ0n) is 10.5. The fraction of sp³-hybridized carbons (Fsp3) is 0.0714. The van der Waals surface area contributed by atoms with Crippen molar-refractivity contribution < 1.29 is 38.3 Å². The molecule has 0 aliphatic heterocycles. The minimum atomic E-state index is -0.434. The van der Waals surface area contributed by atoms with E-state index in [0.717, 1.165) is 23.4 Å². The fourth-order valence-electron chi connectivity index (χ4n) is 1.81. The van der Waals surface area contributed by atoms with Gasteiger partial charge in [-0.25, -0.2) is 0 Å². The van der Waals surface area contributed by atoms with Gasteiger partial charge in [-0.05, 0) is 17.7 Å². The number of quaternary nitrogens is 1. The van der Waals surface area contributed by atoms with Gasteiger partial charge in [0.1, 0.15) is 28.5 Å². The molecule has 0 saturated heterocycles. The highest BCUT2D eigenvalue weighted by Gasteiger charge is 2.18. The summed E-state index contributed by atoms with van der Waals surface area (Å²) >= 11 is 0. The van der Waals surface area contributed by atoms with Crippen molar-refractivity contribution in [1.82, 2.24) is 0 Å². The van der Waals surface area contributed by atoms with Gasteiger partial charge in [0.15, 0.2) is 5.78 Å². The number of rotatable bonds is 3. The molecule has 2 aromatic carbocycles. The molecular weight excluding hydrogens is 282 g/mol. The van der Waals surface area contributed by atoms with E-state index in [1.807, 2.05) is 0 Å². The van der Waals surface area contributed by atoms with Gasteiger partial charge in [-0.15, -0.1) is 0 Å². The van der Waals surface area contributed by atoms with Crippen LogP contribution < -0.4 is 18.1 Å². The second kappa shape index (κ2) is 6.27. The largest absolute Gasteiger partial charge is 1.00 e. The lowest BCUT2D eigenvalue weighted by Gasteiger charge is -2.07. The highest BCUT2D eigenvalue weighted by Crippen LogP contribution is 2.32. The first-order chi connectivity index (χ1) is 8.97. The third-order valence-electron chi connectivity index (χ3n) is 2.75. The van der Waals surface area contributed by atoms with Crippen LogP contribution in [0.25, 0.3) is 0 Å². The number of benzene rings is 2. The minimum absolute atomic E-state index is 0. The number of Topliss-reactive ketones (excluding diaryl/α,β-unsaturated/α-hetero) is 1. The van der Waals surface area contributed by atoms with E-state index in [1.54, 1.807) is 24.3 Å². The van der Waals surface area contributed by atoms with E-state index in [-0.39, 0.29) is 30.1 Å². The molecule has 0 unspecified atom stereocenters. The summed E-state index contributed by atoms with van der Waals surface area (Å²) in [6, 6.07) is 9.11. The number of phenols is 3. The summed E-state index contributed by atoms with van der Waals surface area (Å²) < 4.78 is 0. The van der Waals surface area contributed by atoms with Crippen molar-refractivity contribution in [3.63, 3.8) is 0 Å². The lowest BCUT2D eigenvalue weighted by molar-refractivity contribution is -0.254. The van der Waals surface area contributed by atoms with Crippen molar-refractivity contribution in [2.75, 3.05) is 0 Å². The SMILES string of the molecule is [Cl-].[NH3+]c1ccc(CC(=O)c2c(O)cc(O)cc2O)cc1. The van der Waals surface area contributed by atoms with Crippen molar-refractivity contribution >= 4 is 11.5 Å². The summed E-state index contributed by atoms with van der Waals surface area (Å²) in [4.78, 5) is 12.0. The molecule has 0 aromatic heterocycles. The Labute approximate surface area is 121 Å². The number of hydrogen-bond acceptors (Lipinski definition) is 4. The van der Waals surface area contributed by atoms with Crippen LogP contribution in [0.3, 0.4) is 0 Å². The topological polar surface area (TPSA) is 105 Å². The predicted octanol–water partition coefficient (Wildman–Crippen LogP) is -1.89. The van der Waals surface area contributed by atoms with Gasteiger partial charge >= 0.3 is 0 Å². The Morgan fingerprint density at radius 3 is 2.00 bits per heavy atom. The summed E-state index contributed by atoms with van der Waals surface area (Å²) in [7, 11) is 0. The molecule has 6 N–H and O–H groups in total. The van der Waals surface area contributed by atoms with Crippen LogP contribution in [-0.4, -0.2) is 21.1 Å². The number of hydrogen-bond donors (Lipinski definition) is 4. The maximum Gasteiger partial charge on any atom is 0.174 e. The Bertz CT molecular complexity index is 603. The molecule has 5 nitrogen and oxygen atoms in total. The lowest BCUT2D eigenvalue weighted by Crippen LogP contribution is -3.00. The molecule has 2 rings (SSSR count). The lowest BCUT2D eigenvalue weighted by atomic mass is 10.0. The third-order valence-corrected chi connectivity index (χ3v) is 2.75. The van der Waals surface area contributed by atoms with E-state index < -0.39 is 17.3 Å². The Hall–Kier alpha value is -2.24. The van der Waals surface area contributed by atoms with Crippen LogP contribution in [0.1, 0.15) is 15.9 Å². The Balaban J connectivity index is 0.00000200. The van der Waals surface area contributed by atoms with E-state index in [4.69, 9.17) is 0 Å². The van der Waals surface area contributed by atoms with Gasteiger partial charge in [-0.3, -0.25) is 4.79 Å². The maximum absolute atomic E-state index is 12.0. The molecule has 0 atom stereocenters. The predicted molar refractivity (Wildman–Crippen MR) is 68.5 cm³/mol. The first-order valence-corrected chi connectivity index (χ1v) is 5.66. The molecule has 0 bridgehead atoms. The molecule has 2 aromatic rings. The second-order valence-corrected chi connectivity index (χ2v) is 4.28. The van der Waals surface area contributed by atoms with Gasteiger partial charge < -0.3 is 33.5 Å². The van der Waals surface area contributed by atoms with Crippen LogP contribution in [0, 0.1) is 0 Å². The average molecular weight is 296 g/mol. The molecule has 0 aliphatic rings. The third kappa shape index (κ3) is 3.40. The van der Waals surface area contributed by atoms with Gasteiger partial charge in [0.2, 0.25) is 0 Å². The summed E-state index contributed by atoms with van der Waals surface area (Å²) in [6.45, 7) is 0. The van der Waals surface area contributed by atoms with Crippen molar-refractivity contribution in [2.24, 2.45) is 0 Å². The van der Waals surface area contributed by atoms with Crippen LogP contribution in [0.2, 0.25) is 0 Å². The standard InChI is InChI=1S/C14H13NO4.ClH/c15-9-3-1-8(2-4-9)5-11(17)14-12(18)6-10(16)7-13(14)19;/h1-4,6-7,16,18-19H,5,15H2;1H. The number of phenolic OH excluding ortho intramolecular Hbond substituents is 3. The van der Waals surface area contributed by atoms with E-state index in [0.29, 0.717) is 0 Å². The van der Waals surface area contributed by atoms with E-state index in [9.17, 15) is 20.1 Å². The molecule has 0 aliphatic carbocycles. The summed E-state index contributed by atoms with van der Waals surface area (Å²) in [6.07, 6.45) is 0.0478. The van der Waals surface area contributed by atoms with Crippen LogP contribution in [0.5, 0.6) is 17.2 Å². The first kappa shape index (κ1) is 15.8. The maximum atomic E-state index is 12.0. The summed E-state index contributed by atoms with van der Waals surface area (Å²) in [5.41, 5.74) is 5.15. The van der Waals surface area contributed by atoms with Gasteiger partial charge in [0.05, 0.1) is 0 Å². The quantitative estimate of drug-likeness (QED) is 0.497. The fourth-order valence-corrected chi connectivity index (χ4v) is 1.81.